The molecule has 1 aliphatic heterocycles. The number of halogens is 2. The largest absolute Gasteiger partial charge is 0.481 e. The van der Waals surface area contributed by atoms with E-state index >= 15 is 0 Å². The van der Waals surface area contributed by atoms with E-state index in [-0.39, 0.29) is 31.0 Å². The quantitative estimate of drug-likeness (QED) is 0.763. The molecule has 2 rings (SSSR count). The SMILES string of the molecule is CC1(C(=O)O)CCN(C(=O)CCCNC(=O)c2ccc(F)cc2F)C1. The normalized spacial score (nSPS) is 19.7. The van der Waals surface area contributed by atoms with Gasteiger partial charge in [0.1, 0.15) is 11.6 Å². The number of hydrogen-bond acceptors (Lipinski definition) is 3. The van der Waals surface area contributed by atoms with Crippen molar-refractivity contribution in [1.82, 2.24) is 10.2 Å². The maximum Gasteiger partial charge on any atom is 0.311 e. The highest BCUT2D eigenvalue weighted by molar-refractivity contribution is 5.94. The van der Waals surface area contributed by atoms with Crippen LogP contribution in [0.4, 0.5) is 8.78 Å². The second-order valence-corrected chi connectivity index (χ2v) is 6.41. The lowest BCUT2D eigenvalue weighted by Gasteiger charge is -2.20. The number of benzene rings is 1. The zero-order valence-corrected chi connectivity index (χ0v) is 13.8. The molecule has 0 aliphatic carbocycles. The Morgan fingerprint density at radius 2 is 2.04 bits per heavy atom. The number of carboxylic acids is 1. The van der Waals surface area contributed by atoms with Crippen molar-refractivity contribution in [2.75, 3.05) is 19.6 Å². The van der Waals surface area contributed by atoms with Crippen LogP contribution in [0.25, 0.3) is 0 Å². The summed E-state index contributed by atoms with van der Waals surface area (Å²) < 4.78 is 26.3. The van der Waals surface area contributed by atoms with Crippen LogP contribution in [0.3, 0.4) is 0 Å². The molecule has 1 saturated heterocycles. The lowest BCUT2D eigenvalue weighted by Crippen LogP contribution is -2.35. The fourth-order valence-electron chi connectivity index (χ4n) is 2.72. The van der Waals surface area contributed by atoms with Crippen LogP contribution in [0.5, 0.6) is 0 Å². The van der Waals surface area contributed by atoms with E-state index in [4.69, 9.17) is 5.11 Å². The third kappa shape index (κ3) is 4.52. The van der Waals surface area contributed by atoms with Gasteiger partial charge in [0, 0.05) is 32.1 Å². The molecule has 8 heteroatoms. The average molecular weight is 354 g/mol. The first-order valence-corrected chi connectivity index (χ1v) is 7.97. The Morgan fingerprint density at radius 1 is 1.32 bits per heavy atom. The van der Waals surface area contributed by atoms with Crippen LogP contribution in [0.1, 0.15) is 36.5 Å². The Hall–Kier alpha value is -2.51. The smallest absolute Gasteiger partial charge is 0.311 e. The maximum absolute atomic E-state index is 13.5. The molecule has 1 aromatic rings. The molecule has 1 atom stereocenters. The summed E-state index contributed by atoms with van der Waals surface area (Å²) in [6.45, 7) is 2.34. The number of rotatable bonds is 6. The van der Waals surface area contributed by atoms with E-state index in [0.717, 1.165) is 12.1 Å². The summed E-state index contributed by atoms with van der Waals surface area (Å²) in [6.07, 6.45) is 0.907. The molecule has 1 fully saturated rings. The monoisotopic (exact) mass is 354 g/mol. The molecule has 136 valence electrons. The van der Waals surface area contributed by atoms with Gasteiger partial charge in [-0.3, -0.25) is 14.4 Å². The van der Waals surface area contributed by atoms with Crippen LogP contribution in [0.15, 0.2) is 18.2 Å². The van der Waals surface area contributed by atoms with Gasteiger partial charge in [0.05, 0.1) is 11.0 Å². The molecule has 1 heterocycles. The lowest BCUT2D eigenvalue weighted by atomic mass is 9.90. The molecular formula is C17H20F2N2O4. The van der Waals surface area contributed by atoms with Gasteiger partial charge in [0.25, 0.3) is 5.91 Å². The molecule has 1 unspecified atom stereocenters. The average Bonchev–Trinajstić information content (AvgIpc) is 2.95. The Morgan fingerprint density at radius 3 is 2.64 bits per heavy atom. The predicted octanol–water partition coefficient (Wildman–Crippen LogP) is 1.80. The number of hydrogen-bond donors (Lipinski definition) is 2. The van der Waals surface area contributed by atoms with Gasteiger partial charge >= 0.3 is 5.97 Å². The molecule has 1 aromatic carbocycles. The van der Waals surface area contributed by atoms with E-state index in [2.05, 4.69) is 5.32 Å². The third-order valence-electron chi connectivity index (χ3n) is 4.37. The minimum atomic E-state index is -0.946. The molecule has 0 saturated carbocycles. The minimum Gasteiger partial charge on any atom is -0.481 e. The molecule has 6 nitrogen and oxygen atoms in total. The van der Waals surface area contributed by atoms with Crippen molar-refractivity contribution in [2.45, 2.75) is 26.2 Å². The van der Waals surface area contributed by atoms with Crippen molar-refractivity contribution in [3.63, 3.8) is 0 Å². The van der Waals surface area contributed by atoms with Crippen LogP contribution in [0.2, 0.25) is 0 Å². The number of amides is 2. The van der Waals surface area contributed by atoms with Crippen LogP contribution < -0.4 is 5.32 Å². The van der Waals surface area contributed by atoms with Crippen molar-refractivity contribution in [2.24, 2.45) is 5.41 Å². The fourth-order valence-corrected chi connectivity index (χ4v) is 2.72. The minimum absolute atomic E-state index is 0.155. The van der Waals surface area contributed by atoms with Gasteiger partial charge in [-0.25, -0.2) is 8.78 Å². The topological polar surface area (TPSA) is 86.7 Å². The standard InChI is InChI=1S/C17H20F2N2O4/c1-17(16(24)25)6-8-21(10-17)14(22)3-2-7-20-15(23)12-5-4-11(18)9-13(12)19/h4-5,9H,2-3,6-8,10H2,1H3,(H,20,23)(H,24,25). The summed E-state index contributed by atoms with van der Waals surface area (Å²) >= 11 is 0. The van der Waals surface area contributed by atoms with E-state index in [1.54, 1.807) is 6.92 Å². The molecule has 0 radical (unpaired) electrons. The van der Waals surface area contributed by atoms with Gasteiger partial charge in [-0.05, 0) is 31.9 Å². The van der Waals surface area contributed by atoms with Crippen molar-refractivity contribution < 1.29 is 28.3 Å². The second-order valence-electron chi connectivity index (χ2n) is 6.41. The zero-order valence-electron chi connectivity index (χ0n) is 13.8. The first-order chi connectivity index (χ1) is 11.7. The number of nitrogens with zero attached hydrogens (tertiary/aromatic N) is 1. The van der Waals surface area contributed by atoms with Crippen molar-refractivity contribution >= 4 is 17.8 Å². The van der Waals surface area contributed by atoms with E-state index in [1.165, 1.54) is 4.90 Å². The summed E-state index contributed by atoms with van der Waals surface area (Å²) in [6, 6.07) is 2.68. The summed E-state index contributed by atoms with van der Waals surface area (Å²) in [5, 5.41) is 11.6. The van der Waals surface area contributed by atoms with Gasteiger partial charge in [-0.15, -0.1) is 0 Å². The fraction of sp³-hybridized carbons (Fsp3) is 0.471. The van der Waals surface area contributed by atoms with E-state index in [9.17, 15) is 23.2 Å². The highest BCUT2D eigenvalue weighted by Crippen LogP contribution is 2.30. The first kappa shape index (κ1) is 18.8. The highest BCUT2D eigenvalue weighted by atomic mass is 19.1. The van der Waals surface area contributed by atoms with Crippen LogP contribution in [0, 0.1) is 17.0 Å². The maximum atomic E-state index is 13.5. The first-order valence-electron chi connectivity index (χ1n) is 7.97. The summed E-state index contributed by atoms with van der Waals surface area (Å²) in [7, 11) is 0. The van der Waals surface area contributed by atoms with Crippen molar-refractivity contribution in [3.05, 3.63) is 35.4 Å². The Balaban J connectivity index is 1.75. The highest BCUT2D eigenvalue weighted by Gasteiger charge is 2.41. The summed E-state index contributed by atoms with van der Waals surface area (Å²) in [5.41, 5.74) is -1.17. The molecule has 0 aromatic heterocycles. The van der Waals surface area contributed by atoms with Crippen molar-refractivity contribution in [3.8, 4) is 0 Å². The number of carboxylic acid groups (broad SMARTS) is 1. The van der Waals surface area contributed by atoms with Crippen LogP contribution in [-0.2, 0) is 9.59 Å². The zero-order chi connectivity index (χ0) is 18.6. The van der Waals surface area contributed by atoms with Gasteiger partial charge in [-0.1, -0.05) is 0 Å². The predicted molar refractivity (Wildman–Crippen MR) is 84.9 cm³/mol. The number of carbonyl (C=O) groups is 3. The Bertz CT molecular complexity index is 695. The molecule has 25 heavy (non-hydrogen) atoms. The second kappa shape index (κ2) is 7.58. The van der Waals surface area contributed by atoms with Crippen molar-refractivity contribution in [1.29, 1.82) is 0 Å². The van der Waals surface area contributed by atoms with E-state index in [1.807, 2.05) is 0 Å². The van der Waals surface area contributed by atoms with Gasteiger partial charge < -0.3 is 15.3 Å². The van der Waals surface area contributed by atoms with Gasteiger partial charge in [0.2, 0.25) is 5.91 Å². The molecule has 0 spiro atoms. The number of likely N-dealkylation sites (tertiary alicyclic amines) is 1. The van der Waals surface area contributed by atoms with E-state index < -0.39 is 28.9 Å². The molecule has 2 N–H and O–H groups in total. The van der Waals surface area contributed by atoms with E-state index in [0.29, 0.717) is 25.5 Å². The number of nitrogens with one attached hydrogen (secondary N) is 1. The molecular weight excluding hydrogens is 334 g/mol. The van der Waals surface area contributed by atoms with Gasteiger partial charge in [0.15, 0.2) is 0 Å². The molecule has 0 bridgehead atoms. The van der Waals surface area contributed by atoms with Gasteiger partial charge in [-0.2, -0.15) is 0 Å². The third-order valence-corrected chi connectivity index (χ3v) is 4.37. The van der Waals surface area contributed by atoms with Crippen LogP contribution in [-0.4, -0.2) is 47.4 Å². The molecule has 1 aliphatic rings. The lowest BCUT2D eigenvalue weighted by molar-refractivity contribution is -0.147. The Labute approximate surface area is 143 Å². The number of carbonyl (C=O) groups excluding carboxylic acids is 2. The Kier molecular flexibility index (Phi) is 5.71. The summed E-state index contributed by atoms with van der Waals surface area (Å²) in [4.78, 5) is 36.6. The molecule has 2 amide bonds. The van der Waals surface area contributed by atoms with Crippen LogP contribution >= 0.6 is 0 Å². The summed E-state index contributed by atoms with van der Waals surface area (Å²) in [5.74, 6) is -3.48. The number of aliphatic carboxylic acids is 1.